The van der Waals surface area contributed by atoms with Crippen LogP contribution in [-0.4, -0.2) is 38.2 Å². The maximum absolute atomic E-state index is 11.0. The Kier molecular flexibility index (Phi) is 5.40. The first kappa shape index (κ1) is 17.5. The van der Waals surface area contributed by atoms with E-state index in [1.807, 2.05) is 24.3 Å². The Morgan fingerprint density at radius 1 is 1.24 bits per heavy atom. The van der Waals surface area contributed by atoms with Crippen molar-refractivity contribution in [2.45, 2.75) is 6.54 Å². The third-order valence-corrected chi connectivity index (χ3v) is 4.88. The number of hydrogen-bond acceptors (Lipinski definition) is 4. The molecule has 1 aliphatic rings. The second-order valence-corrected chi connectivity index (χ2v) is 6.54. The molecule has 0 saturated carbocycles. The molecule has 0 amide bonds. The minimum absolute atomic E-state index is 0.0220. The lowest BCUT2D eigenvalue weighted by Crippen LogP contribution is -3.13. The molecule has 2 aromatic rings. The van der Waals surface area contributed by atoms with Gasteiger partial charge in [-0.25, -0.2) is 0 Å². The average molecular weight is 363 g/mol. The first-order valence-corrected chi connectivity index (χ1v) is 8.60. The van der Waals surface area contributed by atoms with E-state index in [0.29, 0.717) is 0 Å². The van der Waals surface area contributed by atoms with Crippen LogP contribution in [0.3, 0.4) is 0 Å². The molecule has 0 spiro atoms. The van der Waals surface area contributed by atoms with Crippen molar-refractivity contribution in [3.63, 3.8) is 0 Å². The number of piperazine rings is 1. The van der Waals surface area contributed by atoms with Crippen LogP contribution in [-0.2, 0) is 6.54 Å². The number of para-hydroxylation sites is 2. The lowest BCUT2D eigenvalue weighted by atomic mass is 10.1. The Morgan fingerprint density at radius 2 is 1.96 bits per heavy atom. The molecule has 3 rings (SSSR count). The van der Waals surface area contributed by atoms with E-state index >= 15 is 0 Å². The highest BCUT2D eigenvalue weighted by Gasteiger charge is 2.23. The van der Waals surface area contributed by atoms with Crippen LogP contribution in [0, 0.1) is 10.1 Å². The summed E-state index contributed by atoms with van der Waals surface area (Å²) in [5, 5.41) is 11.2. The zero-order valence-electron chi connectivity index (χ0n) is 14.1. The third kappa shape index (κ3) is 4.03. The second-order valence-electron chi connectivity index (χ2n) is 6.13. The number of methoxy groups -OCH3 is 1. The van der Waals surface area contributed by atoms with Crippen molar-refractivity contribution in [2.24, 2.45) is 0 Å². The van der Waals surface area contributed by atoms with Gasteiger partial charge in [0.1, 0.15) is 17.3 Å². The van der Waals surface area contributed by atoms with Gasteiger partial charge >= 0.3 is 0 Å². The van der Waals surface area contributed by atoms with Gasteiger partial charge in [-0.05, 0) is 18.2 Å². The molecule has 1 fully saturated rings. The molecule has 0 radical (unpaired) electrons. The molecule has 6 nitrogen and oxygen atoms in total. The fourth-order valence-electron chi connectivity index (χ4n) is 3.23. The minimum Gasteiger partial charge on any atom is -0.495 e. The van der Waals surface area contributed by atoms with Gasteiger partial charge < -0.3 is 14.5 Å². The van der Waals surface area contributed by atoms with E-state index in [-0.39, 0.29) is 10.7 Å². The molecule has 1 aliphatic heterocycles. The summed E-state index contributed by atoms with van der Waals surface area (Å²) in [5.41, 5.74) is 2.04. The average Bonchev–Trinajstić information content (AvgIpc) is 2.63. The van der Waals surface area contributed by atoms with E-state index < -0.39 is 4.92 Å². The van der Waals surface area contributed by atoms with Crippen LogP contribution >= 0.6 is 11.6 Å². The monoisotopic (exact) mass is 362 g/mol. The molecular weight excluding hydrogens is 342 g/mol. The van der Waals surface area contributed by atoms with Gasteiger partial charge in [0, 0.05) is 11.6 Å². The van der Waals surface area contributed by atoms with Crippen LogP contribution < -0.4 is 14.5 Å². The van der Waals surface area contributed by atoms with E-state index in [2.05, 4.69) is 11.0 Å². The van der Waals surface area contributed by atoms with Crippen LogP contribution in [0.15, 0.2) is 42.5 Å². The number of nitrogens with one attached hydrogen (secondary N) is 1. The van der Waals surface area contributed by atoms with Crippen LogP contribution in [0.5, 0.6) is 5.75 Å². The van der Waals surface area contributed by atoms with Crippen LogP contribution in [0.25, 0.3) is 0 Å². The molecular formula is C18H21ClN3O3+. The summed E-state index contributed by atoms with van der Waals surface area (Å²) < 4.78 is 5.44. The molecule has 1 saturated heterocycles. The molecule has 132 valence electrons. The summed E-state index contributed by atoms with van der Waals surface area (Å²) in [5.74, 6) is 0.888. The smallest absolute Gasteiger partial charge is 0.288 e. The van der Waals surface area contributed by atoms with Gasteiger partial charge in [-0.1, -0.05) is 29.8 Å². The molecule has 0 unspecified atom stereocenters. The fraction of sp³-hybridized carbons (Fsp3) is 0.333. The van der Waals surface area contributed by atoms with Gasteiger partial charge in [0.25, 0.3) is 5.69 Å². The molecule has 2 aromatic carbocycles. The Morgan fingerprint density at radius 3 is 2.64 bits per heavy atom. The Hall–Kier alpha value is -2.31. The molecule has 0 aliphatic carbocycles. The maximum atomic E-state index is 11.0. The highest BCUT2D eigenvalue weighted by atomic mass is 35.5. The standard InChI is InChI=1S/C18H20ClN3O3/c1-25-18-5-3-2-4-16(18)21-10-8-20(9-11-21)13-14-6-7-15(19)17(12-14)22(23)24/h2-7,12H,8-11,13H2,1H3/p+1. The number of nitro groups is 1. The molecule has 0 bridgehead atoms. The van der Waals surface area contributed by atoms with Gasteiger partial charge in [0.05, 0.1) is 43.9 Å². The summed E-state index contributed by atoms with van der Waals surface area (Å²) in [6, 6.07) is 13.1. The van der Waals surface area contributed by atoms with Crippen molar-refractivity contribution in [1.82, 2.24) is 0 Å². The van der Waals surface area contributed by atoms with Crippen molar-refractivity contribution in [3.8, 4) is 5.75 Å². The second kappa shape index (κ2) is 7.72. The van der Waals surface area contributed by atoms with Crippen LogP contribution in [0.4, 0.5) is 11.4 Å². The Balaban J connectivity index is 1.63. The van der Waals surface area contributed by atoms with E-state index in [4.69, 9.17) is 16.3 Å². The van der Waals surface area contributed by atoms with E-state index in [1.54, 1.807) is 19.2 Å². The largest absolute Gasteiger partial charge is 0.495 e. The number of benzene rings is 2. The van der Waals surface area contributed by atoms with Crippen molar-refractivity contribution in [2.75, 3.05) is 38.2 Å². The summed E-state index contributed by atoms with van der Waals surface area (Å²) in [6.07, 6.45) is 0. The molecule has 1 heterocycles. The van der Waals surface area contributed by atoms with Crippen molar-refractivity contribution >= 4 is 23.0 Å². The van der Waals surface area contributed by atoms with Crippen molar-refractivity contribution < 1.29 is 14.6 Å². The van der Waals surface area contributed by atoms with Gasteiger partial charge in [0.2, 0.25) is 0 Å². The van der Waals surface area contributed by atoms with Crippen molar-refractivity contribution in [3.05, 3.63) is 63.2 Å². The number of halogens is 1. The van der Waals surface area contributed by atoms with Gasteiger partial charge in [-0.2, -0.15) is 0 Å². The van der Waals surface area contributed by atoms with Gasteiger partial charge in [-0.3, -0.25) is 10.1 Å². The SMILES string of the molecule is COc1ccccc1N1CC[NH+](Cc2ccc(Cl)c([N+](=O)[O-])c2)CC1. The van der Waals surface area contributed by atoms with E-state index in [9.17, 15) is 10.1 Å². The number of rotatable bonds is 5. The number of anilines is 1. The van der Waals surface area contributed by atoms with Crippen molar-refractivity contribution in [1.29, 1.82) is 0 Å². The Labute approximate surface area is 151 Å². The topological polar surface area (TPSA) is 60.0 Å². The van der Waals surface area contributed by atoms with Gasteiger partial charge in [-0.15, -0.1) is 0 Å². The lowest BCUT2D eigenvalue weighted by Gasteiger charge is -2.34. The summed E-state index contributed by atoms with van der Waals surface area (Å²) in [6.45, 7) is 4.54. The highest BCUT2D eigenvalue weighted by Crippen LogP contribution is 2.27. The summed E-state index contributed by atoms with van der Waals surface area (Å²) in [7, 11) is 1.69. The number of ether oxygens (including phenoxy) is 1. The van der Waals surface area contributed by atoms with Crippen LogP contribution in [0.1, 0.15) is 5.56 Å². The fourth-order valence-corrected chi connectivity index (χ4v) is 3.41. The zero-order valence-corrected chi connectivity index (χ0v) is 14.8. The number of quaternary nitrogens is 1. The van der Waals surface area contributed by atoms with Gasteiger partial charge in [0.15, 0.2) is 0 Å². The number of nitrogens with zero attached hydrogens (tertiary/aromatic N) is 2. The molecule has 25 heavy (non-hydrogen) atoms. The first-order chi connectivity index (χ1) is 12.1. The Bertz CT molecular complexity index is 761. The molecule has 1 N–H and O–H groups in total. The molecule has 0 aromatic heterocycles. The molecule has 0 atom stereocenters. The normalized spacial score (nSPS) is 15.2. The van der Waals surface area contributed by atoms with E-state index in [1.165, 1.54) is 4.90 Å². The quantitative estimate of drug-likeness (QED) is 0.654. The number of nitro benzene ring substituents is 1. The predicted molar refractivity (Wildman–Crippen MR) is 97.7 cm³/mol. The summed E-state index contributed by atoms with van der Waals surface area (Å²) >= 11 is 5.88. The maximum Gasteiger partial charge on any atom is 0.288 e. The summed E-state index contributed by atoms with van der Waals surface area (Å²) in [4.78, 5) is 14.3. The zero-order chi connectivity index (χ0) is 17.8. The third-order valence-electron chi connectivity index (χ3n) is 4.56. The molecule has 7 heteroatoms. The predicted octanol–water partition coefficient (Wildman–Crippen LogP) is 2.16. The highest BCUT2D eigenvalue weighted by molar-refractivity contribution is 6.32. The minimum atomic E-state index is -0.430. The number of hydrogen-bond donors (Lipinski definition) is 1. The lowest BCUT2D eigenvalue weighted by molar-refractivity contribution is -0.914. The van der Waals surface area contributed by atoms with E-state index in [0.717, 1.165) is 49.7 Å². The first-order valence-electron chi connectivity index (χ1n) is 8.23. The van der Waals surface area contributed by atoms with Crippen LogP contribution in [0.2, 0.25) is 5.02 Å².